The number of amides is 3. The van der Waals surface area contributed by atoms with E-state index in [0.29, 0.717) is 29.5 Å². The van der Waals surface area contributed by atoms with E-state index in [4.69, 9.17) is 19.4 Å². The molecule has 2 N–H and O–H groups in total. The molecule has 0 saturated carbocycles. The zero-order chi connectivity index (χ0) is 41.2. The number of piperazine rings is 1. The van der Waals surface area contributed by atoms with Gasteiger partial charge in [-0.25, -0.2) is 14.4 Å². The molecule has 8 rings (SSSR count). The predicted molar refractivity (Wildman–Crippen MR) is 226 cm³/mol. The Hall–Kier alpha value is -4.70. The lowest BCUT2D eigenvalue weighted by Crippen LogP contribution is -2.52. The molecule has 3 amide bonds. The monoisotopic (exact) mass is 870 g/mol. The van der Waals surface area contributed by atoms with Gasteiger partial charge >= 0.3 is 0 Å². The van der Waals surface area contributed by atoms with Crippen molar-refractivity contribution in [2.45, 2.75) is 64.1 Å². The second-order valence-electron chi connectivity index (χ2n) is 16.1. The molecule has 2 atom stereocenters. The first-order chi connectivity index (χ1) is 28.5. The van der Waals surface area contributed by atoms with Crippen LogP contribution in [0.25, 0.3) is 10.9 Å². The summed E-state index contributed by atoms with van der Waals surface area (Å²) < 4.78 is 28.0. The molecule has 13 nitrogen and oxygen atoms in total. The normalized spacial score (nSPS) is 20.2. The van der Waals surface area contributed by atoms with E-state index in [2.05, 4.69) is 60.3 Å². The van der Waals surface area contributed by atoms with Gasteiger partial charge in [0.15, 0.2) is 11.5 Å². The zero-order valence-electron chi connectivity index (χ0n) is 33.9. The molecule has 4 aromatic rings. The molecule has 0 spiro atoms. The molecule has 4 aliphatic rings. The van der Waals surface area contributed by atoms with Crippen molar-refractivity contribution in [1.29, 1.82) is 0 Å². The van der Waals surface area contributed by atoms with Crippen molar-refractivity contribution in [2.24, 2.45) is 0 Å². The minimum Gasteiger partial charge on any atom is -0.493 e. The third-order valence-electron chi connectivity index (χ3n) is 12.3. The van der Waals surface area contributed by atoms with Gasteiger partial charge in [-0.3, -0.25) is 29.5 Å². The highest BCUT2D eigenvalue weighted by Gasteiger charge is 2.41. The molecule has 1 aromatic heterocycles. The van der Waals surface area contributed by atoms with Crippen molar-refractivity contribution in [3.63, 3.8) is 0 Å². The number of methoxy groups -OCH3 is 1. The lowest BCUT2D eigenvalue weighted by molar-refractivity contribution is -0.136. The van der Waals surface area contributed by atoms with Crippen LogP contribution in [-0.4, -0.2) is 126 Å². The van der Waals surface area contributed by atoms with Crippen LogP contribution >= 0.6 is 15.9 Å². The molecular formula is C44H52BrFN8O5. The Balaban J connectivity index is 0.787. The van der Waals surface area contributed by atoms with E-state index >= 15 is 0 Å². The van der Waals surface area contributed by atoms with Gasteiger partial charge in [0.2, 0.25) is 11.8 Å². The molecule has 5 heterocycles. The number of aromatic nitrogens is 2. The standard InChI is InChI=1S/C44H52BrFN8O5/c1-27(30-5-4-6-31(45)21-30)47-42-35-24-39(58-3)40(25-37(35)48-28(2)49-42)59-20-19-53-17-15-52(16-18-53)14-13-51-11-9-29(10-12-51)33-22-32(46)23-34-36(33)26-54(44(34)57)38-7-8-41(55)50-43(38)56/h4-6,21-25,27,29,38H,7-20,26H2,1-3H3,(H,47,48,49)(H,50,55,56)/t27-,38?/m1/s1. The summed E-state index contributed by atoms with van der Waals surface area (Å²) in [5.41, 5.74) is 4.00. The number of hydrogen-bond acceptors (Lipinski definition) is 11. The summed E-state index contributed by atoms with van der Waals surface area (Å²) in [6.45, 7) is 13.3. The maximum absolute atomic E-state index is 14.9. The Bertz CT molecular complexity index is 2230. The topological polar surface area (TPSA) is 132 Å². The van der Waals surface area contributed by atoms with E-state index < -0.39 is 17.8 Å². The smallest absolute Gasteiger partial charge is 0.255 e. The Morgan fingerprint density at radius 3 is 2.36 bits per heavy atom. The van der Waals surface area contributed by atoms with E-state index in [1.807, 2.05) is 31.2 Å². The summed E-state index contributed by atoms with van der Waals surface area (Å²) in [6.07, 6.45) is 2.24. The minimum absolute atomic E-state index is 0.0264. The molecule has 0 bridgehead atoms. The van der Waals surface area contributed by atoms with Crippen LogP contribution in [0.2, 0.25) is 0 Å². The van der Waals surface area contributed by atoms with Crippen LogP contribution in [0.3, 0.4) is 0 Å². The van der Waals surface area contributed by atoms with E-state index in [-0.39, 0.29) is 43.2 Å². The number of fused-ring (bicyclic) bond motifs is 2. The van der Waals surface area contributed by atoms with Crippen molar-refractivity contribution in [2.75, 3.05) is 77.9 Å². The number of likely N-dealkylation sites (tertiary alicyclic amines) is 1. The number of ether oxygens (including phenoxy) is 2. The van der Waals surface area contributed by atoms with Gasteiger partial charge in [0.05, 0.1) is 18.7 Å². The second kappa shape index (κ2) is 17.9. The number of aryl methyl sites for hydroxylation is 1. The quantitative estimate of drug-likeness (QED) is 0.162. The Labute approximate surface area is 352 Å². The third kappa shape index (κ3) is 9.23. The largest absolute Gasteiger partial charge is 0.493 e. The number of benzene rings is 3. The van der Waals surface area contributed by atoms with Gasteiger partial charge in [-0.1, -0.05) is 28.1 Å². The maximum atomic E-state index is 14.9. The summed E-state index contributed by atoms with van der Waals surface area (Å²) in [5, 5.41) is 6.78. The summed E-state index contributed by atoms with van der Waals surface area (Å²) in [5.74, 6) is 1.34. The average molecular weight is 872 g/mol. The van der Waals surface area contributed by atoms with Gasteiger partial charge < -0.3 is 24.6 Å². The van der Waals surface area contributed by atoms with Gasteiger partial charge in [-0.15, -0.1) is 0 Å². The Morgan fingerprint density at radius 1 is 0.915 bits per heavy atom. The number of hydrogen-bond donors (Lipinski definition) is 2. The molecule has 4 aliphatic heterocycles. The first-order valence-electron chi connectivity index (χ1n) is 20.7. The SMILES string of the molecule is COc1cc2c(N[C@H](C)c3cccc(Br)c3)nc(C)nc2cc1OCCN1CCN(CCN2CCC(c3cc(F)cc4c3CN(C3CCC(=O)NC3=O)C4=O)CC2)CC1. The number of nitrogens with zero attached hydrogens (tertiary/aromatic N) is 6. The molecule has 1 unspecified atom stereocenters. The Morgan fingerprint density at radius 2 is 1.64 bits per heavy atom. The van der Waals surface area contributed by atoms with Crippen LogP contribution in [0.1, 0.15) is 77.4 Å². The number of rotatable bonds is 13. The number of halogens is 2. The zero-order valence-corrected chi connectivity index (χ0v) is 35.5. The van der Waals surface area contributed by atoms with Gasteiger partial charge in [0.25, 0.3) is 5.91 Å². The summed E-state index contributed by atoms with van der Waals surface area (Å²) in [4.78, 5) is 56.0. The van der Waals surface area contributed by atoms with E-state index in [1.54, 1.807) is 13.2 Å². The van der Waals surface area contributed by atoms with Crippen LogP contribution < -0.4 is 20.1 Å². The van der Waals surface area contributed by atoms with E-state index in [0.717, 1.165) is 110 Å². The van der Waals surface area contributed by atoms with Crippen molar-refractivity contribution < 1.29 is 28.2 Å². The molecule has 59 heavy (non-hydrogen) atoms. The van der Waals surface area contributed by atoms with Crippen LogP contribution in [-0.2, 0) is 16.1 Å². The van der Waals surface area contributed by atoms with Gasteiger partial charge in [0.1, 0.15) is 30.1 Å². The molecule has 15 heteroatoms. The number of piperidine rings is 2. The highest BCUT2D eigenvalue weighted by atomic mass is 79.9. The highest BCUT2D eigenvalue weighted by molar-refractivity contribution is 9.10. The van der Waals surface area contributed by atoms with Crippen molar-refractivity contribution in [1.82, 2.24) is 34.9 Å². The molecule has 0 radical (unpaired) electrons. The van der Waals surface area contributed by atoms with Gasteiger partial charge in [0, 0.05) is 80.3 Å². The van der Waals surface area contributed by atoms with Gasteiger partial charge in [-0.2, -0.15) is 0 Å². The number of carbonyl (C=O) groups is 3. The second-order valence-corrected chi connectivity index (χ2v) is 17.0. The fourth-order valence-corrected chi connectivity index (χ4v) is 9.41. The summed E-state index contributed by atoms with van der Waals surface area (Å²) in [6, 6.07) is 14.3. The number of anilines is 1. The number of nitrogens with one attached hydrogen (secondary N) is 2. The lowest BCUT2D eigenvalue weighted by atomic mass is 9.85. The third-order valence-corrected chi connectivity index (χ3v) is 12.8. The fraction of sp³-hybridized carbons (Fsp3) is 0.477. The fourth-order valence-electron chi connectivity index (χ4n) is 8.99. The van der Waals surface area contributed by atoms with Gasteiger partial charge in [-0.05, 0) is 99.1 Å². The molecule has 0 aliphatic carbocycles. The lowest BCUT2D eigenvalue weighted by Gasteiger charge is -2.37. The molecule has 312 valence electrons. The van der Waals surface area contributed by atoms with Crippen LogP contribution in [0.4, 0.5) is 10.2 Å². The van der Waals surface area contributed by atoms with Crippen LogP contribution in [0.15, 0.2) is 53.0 Å². The van der Waals surface area contributed by atoms with Crippen LogP contribution in [0, 0.1) is 12.7 Å². The maximum Gasteiger partial charge on any atom is 0.255 e. The first kappa shape index (κ1) is 41.1. The van der Waals surface area contributed by atoms with E-state index in [1.165, 1.54) is 11.0 Å². The van der Waals surface area contributed by atoms with Crippen molar-refractivity contribution in [3.8, 4) is 11.5 Å². The van der Waals surface area contributed by atoms with Crippen LogP contribution in [0.5, 0.6) is 11.5 Å². The molecule has 3 aromatic carbocycles. The van der Waals surface area contributed by atoms with Crippen molar-refractivity contribution in [3.05, 3.63) is 86.9 Å². The van der Waals surface area contributed by atoms with Crippen molar-refractivity contribution >= 4 is 50.4 Å². The molecule has 3 fully saturated rings. The molecule has 3 saturated heterocycles. The minimum atomic E-state index is -0.712. The first-order valence-corrected chi connectivity index (χ1v) is 21.5. The van der Waals surface area contributed by atoms with E-state index in [9.17, 15) is 18.8 Å². The predicted octanol–water partition coefficient (Wildman–Crippen LogP) is 5.66. The Kier molecular flexibility index (Phi) is 12.4. The number of carbonyl (C=O) groups excluding carboxylic acids is 3. The average Bonchev–Trinajstić information content (AvgIpc) is 3.55. The number of imide groups is 1. The molecular weight excluding hydrogens is 819 g/mol. The highest BCUT2D eigenvalue weighted by Crippen LogP contribution is 2.38. The summed E-state index contributed by atoms with van der Waals surface area (Å²) >= 11 is 3.57. The summed E-state index contributed by atoms with van der Waals surface area (Å²) in [7, 11) is 1.65.